The van der Waals surface area contributed by atoms with Gasteiger partial charge in [-0.2, -0.15) is 5.26 Å². The minimum absolute atomic E-state index is 0.618. The minimum atomic E-state index is 0.618. The van der Waals surface area contributed by atoms with E-state index in [2.05, 4.69) is 33.8 Å². The van der Waals surface area contributed by atoms with Crippen LogP contribution in [0.5, 0.6) is 0 Å². The Morgan fingerprint density at radius 2 is 1.70 bits per heavy atom. The summed E-state index contributed by atoms with van der Waals surface area (Å²) < 4.78 is 0.968. The Kier molecular flexibility index (Phi) is 4.45. The molecule has 0 radical (unpaired) electrons. The van der Waals surface area contributed by atoms with E-state index in [0.717, 1.165) is 21.3 Å². The van der Waals surface area contributed by atoms with Crippen LogP contribution < -0.4 is 4.90 Å². The van der Waals surface area contributed by atoms with E-state index in [1.54, 1.807) is 6.07 Å². The van der Waals surface area contributed by atoms with Crippen molar-refractivity contribution in [1.82, 2.24) is 0 Å². The summed E-state index contributed by atoms with van der Waals surface area (Å²) in [5.74, 6) is 6.30. The SMILES string of the molecule is CN(C)c1ccc(C#N)cc1C#Cc1ccccc1Br. The molecule has 0 amide bonds. The second kappa shape index (κ2) is 6.28. The molecular weight excluding hydrogens is 312 g/mol. The molecule has 0 unspecified atom stereocenters. The molecule has 2 nitrogen and oxygen atoms in total. The highest BCUT2D eigenvalue weighted by atomic mass is 79.9. The highest BCUT2D eigenvalue weighted by Gasteiger charge is 2.04. The van der Waals surface area contributed by atoms with E-state index < -0.39 is 0 Å². The normalized spacial score (nSPS) is 9.30. The van der Waals surface area contributed by atoms with Gasteiger partial charge in [-0.1, -0.05) is 24.0 Å². The topological polar surface area (TPSA) is 27.0 Å². The zero-order valence-electron chi connectivity index (χ0n) is 11.3. The second-order valence-electron chi connectivity index (χ2n) is 4.47. The molecule has 0 N–H and O–H groups in total. The Labute approximate surface area is 127 Å². The first-order valence-corrected chi connectivity index (χ1v) is 6.89. The van der Waals surface area contributed by atoms with Gasteiger partial charge in [0.15, 0.2) is 0 Å². The lowest BCUT2D eigenvalue weighted by Crippen LogP contribution is -2.10. The summed E-state index contributed by atoms with van der Waals surface area (Å²) in [5, 5.41) is 9.00. The van der Waals surface area contributed by atoms with Crippen LogP contribution in [-0.2, 0) is 0 Å². The first-order chi connectivity index (χ1) is 9.61. The molecule has 0 aliphatic carbocycles. The lowest BCUT2D eigenvalue weighted by atomic mass is 10.1. The van der Waals surface area contributed by atoms with Gasteiger partial charge < -0.3 is 4.90 Å². The monoisotopic (exact) mass is 324 g/mol. The average molecular weight is 325 g/mol. The van der Waals surface area contributed by atoms with Gasteiger partial charge in [-0.25, -0.2) is 0 Å². The molecule has 0 spiro atoms. The van der Waals surface area contributed by atoms with Gasteiger partial charge in [-0.15, -0.1) is 0 Å². The van der Waals surface area contributed by atoms with Gasteiger partial charge in [-0.3, -0.25) is 0 Å². The number of nitriles is 1. The number of hydrogen-bond acceptors (Lipinski definition) is 2. The number of benzene rings is 2. The van der Waals surface area contributed by atoms with Crippen LogP contribution in [0.1, 0.15) is 16.7 Å². The van der Waals surface area contributed by atoms with Gasteiger partial charge in [0.2, 0.25) is 0 Å². The number of anilines is 1. The fourth-order valence-electron chi connectivity index (χ4n) is 1.79. The maximum atomic E-state index is 9.00. The molecule has 0 saturated heterocycles. The zero-order chi connectivity index (χ0) is 14.5. The third kappa shape index (κ3) is 3.20. The van der Waals surface area contributed by atoms with Crippen molar-refractivity contribution in [2.45, 2.75) is 0 Å². The molecular formula is C17H13BrN2. The van der Waals surface area contributed by atoms with Gasteiger partial charge in [0.25, 0.3) is 0 Å². The summed E-state index contributed by atoms with van der Waals surface area (Å²) in [4.78, 5) is 1.99. The Morgan fingerprint density at radius 1 is 1.00 bits per heavy atom. The van der Waals surface area contributed by atoms with Crippen LogP contribution in [0.15, 0.2) is 46.9 Å². The summed E-state index contributed by atoms with van der Waals surface area (Å²) in [6.07, 6.45) is 0. The Hall–Kier alpha value is -2.23. The zero-order valence-corrected chi connectivity index (χ0v) is 12.9. The van der Waals surface area contributed by atoms with Crippen molar-refractivity contribution in [2.75, 3.05) is 19.0 Å². The molecule has 20 heavy (non-hydrogen) atoms. The number of hydrogen-bond donors (Lipinski definition) is 0. The van der Waals surface area contributed by atoms with Crippen LogP contribution in [-0.4, -0.2) is 14.1 Å². The smallest absolute Gasteiger partial charge is 0.0992 e. The highest BCUT2D eigenvalue weighted by molar-refractivity contribution is 9.10. The largest absolute Gasteiger partial charge is 0.377 e. The third-order valence-corrected chi connectivity index (χ3v) is 3.50. The van der Waals surface area contributed by atoms with E-state index in [0.29, 0.717) is 5.56 Å². The molecule has 0 aliphatic rings. The Bertz CT molecular complexity index is 731. The van der Waals surface area contributed by atoms with Crippen LogP contribution in [0.25, 0.3) is 0 Å². The van der Waals surface area contributed by atoms with E-state index in [4.69, 9.17) is 5.26 Å². The molecule has 0 aromatic heterocycles. The van der Waals surface area contributed by atoms with Crippen LogP contribution in [0, 0.1) is 23.2 Å². The first kappa shape index (κ1) is 14.2. The molecule has 0 atom stereocenters. The molecule has 0 fully saturated rings. The van der Waals surface area contributed by atoms with Gasteiger partial charge in [0.1, 0.15) is 0 Å². The van der Waals surface area contributed by atoms with Crippen molar-refractivity contribution in [1.29, 1.82) is 5.26 Å². The molecule has 98 valence electrons. The molecule has 2 aromatic rings. The lowest BCUT2D eigenvalue weighted by molar-refractivity contribution is 1.13. The van der Waals surface area contributed by atoms with Crippen molar-refractivity contribution in [3.8, 4) is 17.9 Å². The maximum Gasteiger partial charge on any atom is 0.0992 e. The van der Waals surface area contributed by atoms with Crippen LogP contribution in [0.4, 0.5) is 5.69 Å². The molecule has 0 saturated carbocycles. The van der Waals surface area contributed by atoms with Crippen molar-refractivity contribution < 1.29 is 0 Å². The van der Waals surface area contributed by atoms with Crippen molar-refractivity contribution in [3.63, 3.8) is 0 Å². The van der Waals surface area contributed by atoms with Crippen molar-refractivity contribution in [3.05, 3.63) is 63.6 Å². The van der Waals surface area contributed by atoms with Crippen LogP contribution >= 0.6 is 15.9 Å². The predicted octanol–water partition coefficient (Wildman–Crippen LogP) is 3.79. The number of nitrogens with zero attached hydrogens (tertiary/aromatic N) is 2. The highest BCUT2D eigenvalue weighted by Crippen LogP contribution is 2.20. The van der Waals surface area contributed by atoms with E-state index in [1.165, 1.54) is 0 Å². The molecule has 0 bridgehead atoms. The first-order valence-electron chi connectivity index (χ1n) is 6.10. The summed E-state index contributed by atoms with van der Waals surface area (Å²) in [5.41, 5.74) is 3.40. The molecule has 0 aliphatic heterocycles. The predicted molar refractivity (Wildman–Crippen MR) is 85.6 cm³/mol. The van der Waals surface area contributed by atoms with E-state index in [-0.39, 0.29) is 0 Å². The summed E-state index contributed by atoms with van der Waals surface area (Å²) in [6, 6.07) is 15.5. The fraction of sp³-hybridized carbons (Fsp3) is 0.118. The molecule has 3 heteroatoms. The third-order valence-electron chi connectivity index (χ3n) is 2.81. The second-order valence-corrected chi connectivity index (χ2v) is 5.32. The standard InChI is InChI=1S/C17H13BrN2/c1-20(2)17-10-7-13(12-19)11-15(17)9-8-14-5-3-4-6-16(14)18/h3-7,10-11H,1-2H3. The average Bonchev–Trinajstić information content (AvgIpc) is 2.46. The van der Waals surface area contributed by atoms with Gasteiger partial charge in [0.05, 0.1) is 17.3 Å². The summed E-state index contributed by atoms with van der Waals surface area (Å²) in [6.45, 7) is 0. The number of rotatable bonds is 1. The Balaban J connectivity index is 2.49. The van der Waals surface area contributed by atoms with Gasteiger partial charge in [-0.05, 0) is 46.3 Å². The molecule has 2 aromatic carbocycles. The molecule has 0 heterocycles. The van der Waals surface area contributed by atoms with E-state index in [1.807, 2.05) is 55.4 Å². The van der Waals surface area contributed by atoms with Crippen molar-refractivity contribution >= 4 is 21.6 Å². The van der Waals surface area contributed by atoms with Crippen LogP contribution in [0.3, 0.4) is 0 Å². The quantitative estimate of drug-likeness (QED) is 0.746. The van der Waals surface area contributed by atoms with E-state index in [9.17, 15) is 0 Å². The fourth-order valence-corrected chi connectivity index (χ4v) is 2.18. The minimum Gasteiger partial charge on any atom is -0.377 e. The number of halogens is 1. The summed E-state index contributed by atoms with van der Waals surface area (Å²) in [7, 11) is 3.93. The van der Waals surface area contributed by atoms with Crippen molar-refractivity contribution in [2.24, 2.45) is 0 Å². The summed E-state index contributed by atoms with van der Waals surface area (Å²) >= 11 is 3.48. The van der Waals surface area contributed by atoms with Crippen LogP contribution in [0.2, 0.25) is 0 Å². The lowest BCUT2D eigenvalue weighted by Gasteiger charge is -2.14. The van der Waals surface area contributed by atoms with Gasteiger partial charge in [0, 0.05) is 29.7 Å². The van der Waals surface area contributed by atoms with E-state index >= 15 is 0 Å². The Morgan fingerprint density at radius 3 is 2.35 bits per heavy atom. The van der Waals surface area contributed by atoms with Gasteiger partial charge >= 0.3 is 0 Å². The maximum absolute atomic E-state index is 9.00. The molecule has 2 rings (SSSR count).